The number of hydrogen-bond acceptors (Lipinski definition) is 1. The molecule has 2 aromatic rings. The predicted octanol–water partition coefficient (Wildman–Crippen LogP) is 2.54. The van der Waals surface area contributed by atoms with Gasteiger partial charge in [0.1, 0.15) is 7.05 Å². The Morgan fingerprint density at radius 1 is 1.14 bits per heavy atom. The Bertz CT molecular complexity index is 691. The molecule has 0 spiro atoms. The van der Waals surface area contributed by atoms with E-state index in [2.05, 4.69) is 92.0 Å². The molecule has 0 bridgehead atoms. The topological polar surface area (TPSA) is 7.12 Å². The Kier molecular flexibility index (Phi) is 3.58. The number of hydrogen-bond donors (Lipinski definition) is 0. The summed E-state index contributed by atoms with van der Waals surface area (Å²) in [7, 11) is 4.30. The fraction of sp³-hybridized carbons (Fsp3) is 0.278. The molecule has 0 unspecified atom stereocenters. The summed E-state index contributed by atoms with van der Waals surface area (Å²) in [4.78, 5) is 2.36. The lowest BCUT2D eigenvalue weighted by molar-refractivity contribution is -0.654. The average Bonchev–Trinajstić information content (AvgIpc) is 2.49. The number of para-hydroxylation sites is 1. The monoisotopic (exact) mass is 277 g/mol. The zero-order chi connectivity index (χ0) is 15.0. The third kappa shape index (κ3) is 2.48. The number of nitrogens with zero attached hydrogens (tertiary/aromatic N) is 2. The fourth-order valence-corrected chi connectivity index (χ4v) is 2.98. The van der Waals surface area contributed by atoms with Crippen LogP contribution in [0, 0.1) is 0 Å². The maximum Gasteiger partial charge on any atom is 0.396 e. The molecule has 1 aromatic carbocycles. The highest BCUT2D eigenvalue weighted by atomic mass is 15.1. The second kappa shape index (κ2) is 5.40. The van der Waals surface area contributed by atoms with Crippen LogP contribution in [0.15, 0.2) is 48.6 Å². The highest BCUT2D eigenvalue weighted by molar-refractivity contribution is 6.80. The van der Waals surface area contributed by atoms with Crippen LogP contribution in [0.3, 0.4) is 0 Å². The van der Waals surface area contributed by atoms with Crippen LogP contribution in [0.25, 0.3) is 6.08 Å². The Balaban J connectivity index is 2.05. The molecule has 0 saturated carbocycles. The maximum atomic E-state index is 2.36. The van der Waals surface area contributed by atoms with Gasteiger partial charge in [0, 0.05) is 17.8 Å². The standard InChI is InChI=1S/C18H22BN2/c1-14(2)16-10-12-20(3)18(13-16)19-11-9-15-7-5-6-8-17(15)21(19)4/h5-14H,1-4H3/q+1. The first-order valence-electron chi connectivity index (χ1n) is 7.57. The normalized spacial score (nSPS) is 13.8. The molecule has 2 heterocycles. The molecule has 2 nitrogen and oxygen atoms in total. The van der Waals surface area contributed by atoms with Gasteiger partial charge in [0.2, 0.25) is 0 Å². The van der Waals surface area contributed by atoms with Gasteiger partial charge in [0.25, 0.3) is 0 Å². The lowest BCUT2D eigenvalue weighted by Gasteiger charge is -2.28. The third-order valence-electron chi connectivity index (χ3n) is 4.37. The molecule has 1 aliphatic rings. The van der Waals surface area contributed by atoms with E-state index in [9.17, 15) is 0 Å². The zero-order valence-corrected chi connectivity index (χ0v) is 13.2. The minimum absolute atomic E-state index is 0.281. The summed E-state index contributed by atoms with van der Waals surface area (Å²) in [6.07, 6.45) is 4.41. The number of anilines is 1. The van der Waals surface area contributed by atoms with Crippen molar-refractivity contribution in [2.75, 3.05) is 11.9 Å². The van der Waals surface area contributed by atoms with Crippen molar-refractivity contribution in [3.05, 3.63) is 59.7 Å². The lowest BCUT2D eigenvalue weighted by Crippen LogP contribution is -2.60. The Morgan fingerprint density at radius 3 is 2.67 bits per heavy atom. The van der Waals surface area contributed by atoms with Gasteiger partial charge in [-0.15, -0.1) is 0 Å². The van der Waals surface area contributed by atoms with Crippen LogP contribution >= 0.6 is 0 Å². The van der Waals surface area contributed by atoms with Crippen LogP contribution in [0.4, 0.5) is 5.69 Å². The molecule has 3 heteroatoms. The van der Waals surface area contributed by atoms with E-state index in [0.29, 0.717) is 5.92 Å². The van der Waals surface area contributed by atoms with E-state index in [-0.39, 0.29) is 6.85 Å². The number of fused-ring (bicyclic) bond motifs is 1. The van der Waals surface area contributed by atoms with Gasteiger partial charge in [-0.3, -0.25) is 0 Å². The molecule has 0 N–H and O–H groups in total. The first kappa shape index (κ1) is 13.9. The molecule has 0 radical (unpaired) electrons. The van der Waals surface area contributed by atoms with Crippen LogP contribution < -0.4 is 15.0 Å². The number of rotatable bonds is 2. The van der Waals surface area contributed by atoms with Crippen molar-refractivity contribution in [1.29, 1.82) is 0 Å². The minimum Gasteiger partial charge on any atom is -0.405 e. The van der Waals surface area contributed by atoms with Crippen LogP contribution in [-0.4, -0.2) is 13.9 Å². The van der Waals surface area contributed by atoms with E-state index in [1.807, 2.05) is 0 Å². The second-order valence-corrected chi connectivity index (χ2v) is 6.12. The first-order valence-corrected chi connectivity index (χ1v) is 7.57. The highest BCUT2D eigenvalue weighted by Crippen LogP contribution is 2.25. The average molecular weight is 277 g/mol. The largest absolute Gasteiger partial charge is 0.405 e. The number of aromatic nitrogens is 1. The summed E-state index contributed by atoms with van der Waals surface area (Å²) in [5, 5.41) is 0. The SMILES string of the molecule is CC(C)c1cc[n+](C)c(B2C=Cc3ccccc3N2C)c1. The van der Waals surface area contributed by atoms with Crippen molar-refractivity contribution >= 4 is 24.2 Å². The summed E-state index contributed by atoms with van der Waals surface area (Å²) in [5.41, 5.74) is 5.30. The molecule has 0 amide bonds. The van der Waals surface area contributed by atoms with Crippen LogP contribution in [0.1, 0.15) is 30.9 Å². The van der Waals surface area contributed by atoms with Crippen LogP contribution in [0.2, 0.25) is 0 Å². The molecule has 0 saturated heterocycles. The van der Waals surface area contributed by atoms with Crippen molar-refractivity contribution in [3.8, 4) is 0 Å². The molecule has 21 heavy (non-hydrogen) atoms. The van der Waals surface area contributed by atoms with E-state index in [0.717, 1.165) is 0 Å². The van der Waals surface area contributed by atoms with Gasteiger partial charge in [-0.1, -0.05) is 44.1 Å². The predicted molar refractivity (Wildman–Crippen MR) is 91.0 cm³/mol. The molecule has 3 rings (SSSR count). The molecule has 0 fully saturated rings. The third-order valence-corrected chi connectivity index (χ3v) is 4.37. The van der Waals surface area contributed by atoms with E-state index in [1.54, 1.807) is 0 Å². The number of aryl methyl sites for hydroxylation is 1. The molecular formula is C18H22BN2+. The quantitative estimate of drug-likeness (QED) is 0.604. The maximum absolute atomic E-state index is 2.36. The summed E-state index contributed by atoms with van der Waals surface area (Å²) in [6, 6.07) is 13.1. The Morgan fingerprint density at radius 2 is 1.90 bits per heavy atom. The number of pyridine rings is 1. The molecule has 1 aromatic heterocycles. The van der Waals surface area contributed by atoms with Crippen molar-refractivity contribution in [2.45, 2.75) is 19.8 Å². The van der Waals surface area contributed by atoms with E-state index in [4.69, 9.17) is 0 Å². The van der Waals surface area contributed by atoms with E-state index >= 15 is 0 Å². The van der Waals surface area contributed by atoms with Gasteiger partial charge >= 0.3 is 6.85 Å². The van der Waals surface area contributed by atoms with Crippen molar-refractivity contribution in [2.24, 2.45) is 7.05 Å². The zero-order valence-electron chi connectivity index (χ0n) is 13.2. The Hall–Kier alpha value is -2.03. The van der Waals surface area contributed by atoms with Crippen molar-refractivity contribution in [1.82, 2.24) is 0 Å². The van der Waals surface area contributed by atoms with Crippen LogP contribution in [0.5, 0.6) is 0 Å². The molecular weight excluding hydrogens is 255 g/mol. The van der Waals surface area contributed by atoms with Gasteiger partial charge in [-0.25, -0.2) is 4.57 Å². The summed E-state index contributed by atoms with van der Waals surface area (Å²) >= 11 is 0. The summed E-state index contributed by atoms with van der Waals surface area (Å²) < 4.78 is 2.23. The van der Waals surface area contributed by atoms with Gasteiger partial charge in [0.05, 0.1) is 0 Å². The molecule has 0 atom stereocenters. The smallest absolute Gasteiger partial charge is 0.396 e. The molecule has 1 aliphatic heterocycles. The molecule has 0 aliphatic carbocycles. The van der Waals surface area contributed by atoms with Gasteiger partial charge < -0.3 is 4.81 Å². The molecule has 106 valence electrons. The highest BCUT2D eigenvalue weighted by Gasteiger charge is 2.32. The minimum atomic E-state index is 0.281. The van der Waals surface area contributed by atoms with Crippen LogP contribution in [-0.2, 0) is 7.05 Å². The van der Waals surface area contributed by atoms with Crippen molar-refractivity contribution in [3.63, 3.8) is 0 Å². The second-order valence-electron chi connectivity index (χ2n) is 6.12. The van der Waals surface area contributed by atoms with E-state index in [1.165, 1.54) is 22.4 Å². The summed E-state index contributed by atoms with van der Waals surface area (Å²) in [6.45, 7) is 4.77. The number of benzene rings is 1. The first-order chi connectivity index (χ1) is 10.1. The van der Waals surface area contributed by atoms with Crippen molar-refractivity contribution < 1.29 is 4.57 Å². The van der Waals surface area contributed by atoms with Gasteiger partial charge in [0.15, 0.2) is 11.8 Å². The Labute approximate surface area is 127 Å². The summed E-state index contributed by atoms with van der Waals surface area (Å²) in [5.74, 6) is 2.84. The van der Waals surface area contributed by atoms with Gasteiger partial charge in [-0.2, -0.15) is 0 Å². The van der Waals surface area contributed by atoms with Gasteiger partial charge in [-0.05, 0) is 30.2 Å². The lowest BCUT2D eigenvalue weighted by atomic mass is 9.54. The van der Waals surface area contributed by atoms with E-state index < -0.39 is 0 Å². The fourth-order valence-electron chi connectivity index (χ4n) is 2.98.